The van der Waals surface area contributed by atoms with Crippen LogP contribution in [-0.2, 0) is 9.59 Å². The molecule has 0 aromatic heterocycles. The lowest BCUT2D eigenvalue weighted by molar-refractivity contribution is -0.140. The SMILES string of the molecule is CC(C)(C)NC(=O)C1CCC2CC3CCC4NC(=O)CCC4(C)C3CC21C. The van der Waals surface area contributed by atoms with Gasteiger partial charge in [-0.3, -0.25) is 9.59 Å². The summed E-state index contributed by atoms with van der Waals surface area (Å²) in [6.45, 7) is 11.1. The largest absolute Gasteiger partial charge is 0.353 e. The van der Waals surface area contributed by atoms with E-state index in [-0.39, 0.29) is 34.1 Å². The van der Waals surface area contributed by atoms with Gasteiger partial charge in [-0.25, -0.2) is 0 Å². The van der Waals surface area contributed by atoms with Crippen LogP contribution in [0.1, 0.15) is 86.0 Å². The van der Waals surface area contributed by atoms with E-state index in [0.717, 1.165) is 31.6 Å². The minimum atomic E-state index is -0.168. The van der Waals surface area contributed by atoms with E-state index in [9.17, 15) is 9.59 Å². The van der Waals surface area contributed by atoms with E-state index in [1.54, 1.807) is 0 Å². The number of nitrogens with one attached hydrogen (secondary N) is 2. The zero-order valence-corrected chi connectivity index (χ0v) is 17.9. The quantitative estimate of drug-likeness (QED) is 0.728. The predicted octanol–water partition coefficient (Wildman–Crippen LogP) is 4.04. The fourth-order valence-electron chi connectivity index (χ4n) is 7.37. The van der Waals surface area contributed by atoms with Crippen LogP contribution in [0.5, 0.6) is 0 Å². The number of carbonyl (C=O) groups excluding carboxylic acids is 2. The molecule has 4 rings (SSSR count). The Morgan fingerprint density at radius 1 is 1.11 bits per heavy atom. The smallest absolute Gasteiger partial charge is 0.224 e. The number of piperidine rings is 1. The Kier molecular flexibility index (Phi) is 4.44. The lowest BCUT2D eigenvalue weighted by Crippen LogP contribution is -2.61. The first-order chi connectivity index (χ1) is 12.5. The Labute approximate surface area is 164 Å². The van der Waals surface area contributed by atoms with Crippen molar-refractivity contribution in [3.63, 3.8) is 0 Å². The Balaban J connectivity index is 1.59. The van der Waals surface area contributed by atoms with Crippen LogP contribution in [0.3, 0.4) is 0 Å². The van der Waals surface area contributed by atoms with Gasteiger partial charge in [-0.15, -0.1) is 0 Å². The summed E-state index contributed by atoms with van der Waals surface area (Å²) in [5.41, 5.74) is 0.152. The average molecular weight is 375 g/mol. The molecule has 4 nitrogen and oxygen atoms in total. The molecule has 0 aromatic carbocycles. The van der Waals surface area contributed by atoms with Crippen molar-refractivity contribution in [2.24, 2.45) is 34.5 Å². The first-order valence-corrected chi connectivity index (χ1v) is 11.1. The van der Waals surface area contributed by atoms with E-state index in [1.807, 2.05) is 0 Å². The van der Waals surface area contributed by atoms with Crippen molar-refractivity contribution in [1.82, 2.24) is 10.6 Å². The molecule has 7 unspecified atom stereocenters. The molecular formula is C23H38N2O2. The second-order valence-corrected chi connectivity index (χ2v) is 11.6. The van der Waals surface area contributed by atoms with E-state index in [1.165, 1.54) is 19.3 Å². The highest BCUT2D eigenvalue weighted by Gasteiger charge is 2.60. The van der Waals surface area contributed by atoms with Crippen LogP contribution < -0.4 is 10.6 Å². The molecule has 7 atom stereocenters. The van der Waals surface area contributed by atoms with E-state index < -0.39 is 0 Å². The lowest BCUT2D eigenvalue weighted by Gasteiger charge is -2.59. The van der Waals surface area contributed by atoms with Gasteiger partial charge in [0.25, 0.3) is 0 Å². The molecule has 3 aliphatic carbocycles. The predicted molar refractivity (Wildman–Crippen MR) is 107 cm³/mol. The Bertz CT molecular complexity index is 639. The summed E-state index contributed by atoms with van der Waals surface area (Å²) in [5.74, 6) is 2.75. The van der Waals surface area contributed by atoms with E-state index in [2.05, 4.69) is 45.3 Å². The maximum absolute atomic E-state index is 13.1. The van der Waals surface area contributed by atoms with E-state index in [0.29, 0.717) is 24.3 Å². The van der Waals surface area contributed by atoms with Crippen LogP contribution in [0.15, 0.2) is 0 Å². The van der Waals surface area contributed by atoms with Crippen LogP contribution in [-0.4, -0.2) is 23.4 Å². The van der Waals surface area contributed by atoms with Gasteiger partial charge >= 0.3 is 0 Å². The first kappa shape index (κ1) is 19.3. The van der Waals surface area contributed by atoms with Crippen molar-refractivity contribution in [2.75, 3.05) is 0 Å². The number of hydrogen-bond donors (Lipinski definition) is 2. The van der Waals surface area contributed by atoms with Crippen LogP contribution in [0.4, 0.5) is 0 Å². The van der Waals surface area contributed by atoms with Crippen molar-refractivity contribution in [3.05, 3.63) is 0 Å². The maximum Gasteiger partial charge on any atom is 0.224 e. The normalized spacial score (nSPS) is 46.7. The summed E-state index contributed by atoms with van der Waals surface area (Å²) in [4.78, 5) is 25.1. The van der Waals surface area contributed by atoms with Crippen molar-refractivity contribution in [3.8, 4) is 0 Å². The lowest BCUT2D eigenvalue weighted by atomic mass is 9.47. The third-order valence-electron chi connectivity index (χ3n) is 8.86. The van der Waals surface area contributed by atoms with Crippen LogP contribution >= 0.6 is 0 Å². The molecule has 2 amide bonds. The molecule has 4 heteroatoms. The van der Waals surface area contributed by atoms with Gasteiger partial charge in [0.1, 0.15) is 0 Å². The molecule has 0 aromatic rings. The molecule has 27 heavy (non-hydrogen) atoms. The number of amides is 2. The van der Waals surface area contributed by atoms with Gasteiger partial charge in [-0.2, -0.15) is 0 Å². The summed E-state index contributed by atoms with van der Waals surface area (Å²) in [7, 11) is 0. The molecule has 1 saturated heterocycles. The van der Waals surface area contributed by atoms with Crippen molar-refractivity contribution < 1.29 is 9.59 Å². The van der Waals surface area contributed by atoms with Gasteiger partial charge in [0.05, 0.1) is 0 Å². The molecule has 0 spiro atoms. The van der Waals surface area contributed by atoms with Crippen molar-refractivity contribution >= 4 is 11.8 Å². The molecule has 2 N–H and O–H groups in total. The minimum Gasteiger partial charge on any atom is -0.353 e. The summed E-state index contributed by atoms with van der Waals surface area (Å²) in [5, 5.41) is 6.58. The first-order valence-electron chi connectivity index (χ1n) is 11.1. The number of rotatable bonds is 1. The van der Waals surface area contributed by atoms with Gasteiger partial charge in [-0.05, 0) is 94.3 Å². The van der Waals surface area contributed by atoms with Crippen LogP contribution in [0, 0.1) is 34.5 Å². The Morgan fingerprint density at radius 3 is 2.56 bits per heavy atom. The molecule has 4 fully saturated rings. The monoisotopic (exact) mass is 374 g/mol. The highest BCUT2D eigenvalue weighted by molar-refractivity contribution is 5.80. The second-order valence-electron chi connectivity index (χ2n) is 11.6. The highest BCUT2D eigenvalue weighted by atomic mass is 16.2. The zero-order valence-electron chi connectivity index (χ0n) is 17.9. The van der Waals surface area contributed by atoms with Crippen LogP contribution in [0.2, 0.25) is 0 Å². The number of carbonyl (C=O) groups is 2. The zero-order chi connectivity index (χ0) is 19.6. The van der Waals surface area contributed by atoms with Gasteiger partial charge in [0.2, 0.25) is 11.8 Å². The standard InChI is InChI=1S/C23H38N2O2/c1-21(2,3)25-20(27)16-8-7-15-12-14-6-9-18-22(4,11-10-19(26)24-18)17(14)13-23(15,16)5/h14-18H,6-13H2,1-5H3,(H,24,26)(H,25,27). The summed E-state index contributed by atoms with van der Waals surface area (Å²) < 4.78 is 0. The molecule has 4 aliphatic rings. The second kappa shape index (κ2) is 6.22. The van der Waals surface area contributed by atoms with Crippen LogP contribution in [0.25, 0.3) is 0 Å². The van der Waals surface area contributed by atoms with Gasteiger partial charge in [0.15, 0.2) is 0 Å². The van der Waals surface area contributed by atoms with Gasteiger partial charge < -0.3 is 10.6 Å². The Morgan fingerprint density at radius 2 is 1.85 bits per heavy atom. The molecule has 1 aliphatic heterocycles. The Hall–Kier alpha value is -1.06. The molecule has 3 saturated carbocycles. The summed E-state index contributed by atoms with van der Waals surface area (Å²) in [6.07, 6.45) is 8.77. The summed E-state index contributed by atoms with van der Waals surface area (Å²) >= 11 is 0. The summed E-state index contributed by atoms with van der Waals surface area (Å²) in [6, 6.07) is 0.336. The van der Waals surface area contributed by atoms with E-state index in [4.69, 9.17) is 0 Å². The highest BCUT2D eigenvalue weighted by Crippen LogP contribution is 2.64. The fourth-order valence-corrected chi connectivity index (χ4v) is 7.37. The molecule has 1 heterocycles. The molecular weight excluding hydrogens is 336 g/mol. The van der Waals surface area contributed by atoms with Crippen molar-refractivity contribution in [2.45, 2.75) is 97.6 Å². The van der Waals surface area contributed by atoms with Gasteiger partial charge in [0, 0.05) is 23.9 Å². The fraction of sp³-hybridized carbons (Fsp3) is 0.913. The minimum absolute atomic E-state index is 0.114. The molecule has 0 radical (unpaired) electrons. The topological polar surface area (TPSA) is 58.2 Å². The third kappa shape index (κ3) is 3.11. The molecule has 152 valence electrons. The van der Waals surface area contributed by atoms with E-state index >= 15 is 0 Å². The number of hydrogen-bond acceptors (Lipinski definition) is 2. The molecule has 0 bridgehead atoms. The average Bonchev–Trinajstić information content (AvgIpc) is 2.89. The number of fused-ring (bicyclic) bond motifs is 4. The maximum atomic E-state index is 13.1. The third-order valence-corrected chi connectivity index (χ3v) is 8.86. The van der Waals surface area contributed by atoms with Crippen molar-refractivity contribution in [1.29, 1.82) is 0 Å². The van der Waals surface area contributed by atoms with Gasteiger partial charge in [-0.1, -0.05) is 13.8 Å².